The first-order chi connectivity index (χ1) is 13.7. The molecule has 1 unspecified atom stereocenters. The fourth-order valence-electron chi connectivity index (χ4n) is 3.21. The van der Waals surface area contributed by atoms with Crippen molar-refractivity contribution in [1.82, 2.24) is 9.88 Å². The molecule has 28 heavy (non-hydrogen) atoms. The Morgan fingerprint density at radius 1 is 1.25 bits per heavy atom. The van der Waals surface area contributed by atoms with Crippen LogP contribution < -0.4 is 14.2 Å². The predicted molar refractivity (Wildman–Crippen MR) is 102 cm³/mol. The number of benzene rings is 1. The Hall–Kier alpha value is -2.51. The number of morpholine rings is 1. The van der Waals surface area contributed by atoms with Crippen LogP contribution in [0.4, 0.5) is 0 Å². The maximum absolute atomic E-state index is 12.6. The molecule has 1 fully saturated rings. The lowest BCUT2D eigenvalue weighted by molar-refractivity contribution is -0.139. The van der Waals surface area contributed by atoms with Crippen LogP contribution in [0, 0.1) is 0 Å². The van der Waals surface area contributed by atoms with Gasteiger partial charge in [0.25, 0.3) is 0 Å². The van der Waals surface area contributed by atoms with E-state index in [-0.39, 0.29) is 18.8 Å². The van der Waals surface area contributed by atoms with Gasteiger partial charge in [-0.25, -0.2) is 0 Å². The second kappa shape index (κ2) is 8.67. The summed E-state index contributed by atoms with van der Waals surface area (Å²) in [6.45, 7) is 2.19. The van der Waals surface area contributed by atoms with Crippen molar-refractivity contribution in [2.24, 2.45) is 0 Å². The summed E-state index contributed by atoms with van der Waals surface area (Å²) in [6.07, 6.45) is 4.06. The van der Waals surface area contributed by atoms with Gasteiger partial charge in [0.15, 0.2) is 11.5 Å². The SMILES string of the molecule is O=C(CCc1ccc2c(c1)OCO2)N1CCOC(COc2cncc(Cl)c2)C1. The first-order valence-corrected chi connectivity index (χ1v) is 9.56. The number of rotatable bonds is 6. The zero-order chi connectivity index (χ0) is 19.3. The highest BCUT2D eigenvalue weighted by molar-refractivity contribution is 6.30. The molecule has 3 heterocycles. The van der Waals surface area contributed by atoms with Gasteiger partial charge in [-0.1, -0.05) is 17.7 Å². The first-order valence-electron chi connectivity index (χ1n) is 9.18. The van der Waals surface area contributed by atoms with E-state index in [2.05, 4.69) is 4.98 Å². The molecule has 0 N–H and O–H groups in total. The summed E-state index contributed by atoms with van der Waals surface area (Å²) in [5.41, 5.74) is 1.05. The quantitative estimate of drug-likeness (QED) is 0.737. The molecule has 1 amide bonds. The number of ether oxygens (including phenoxy) is 4. The Morgan fingerprint density at radius 2 is 2.14 bits per heavy atom. The number of aromatic nitrogens is 1. The molecule has 8 heteroatoms. The van der Waals surface area contributed by atoms with Crippen LogP contribution in [-0.4, -0.2) is 55.0 Å². The summed E-state index contributed by atoms with van der Waals surface area (Å²) in [6, 6.07) is 7.49. The average Bonchev–Trinajstić information content (AvgIpc) is 3.19. The van der Waals surface area contributed by atoms with Gasteiger partial charge < -0.3 is 23.8 Å². The highest BCUT2D eigenvalue weighted by atomic mass is 35.5. The molecule has 1 aromatic heterocycles. The molecule has 2 aliphatic rings. The Bertz CT molecular complexity index is 847. The van der Waals surface area contributed by atoms with Gasteiger partial charge in [-0.3, -0.25) is 9.78 Å². The lowest BCUT2D eigenvalue weighted by Crippen LogP contribution is -2.47. The van der Waals surface area contributed by atoms with E-state index >= 15 is 0 Å². The van der Waals surface area contributed by atoms with Crippen LogP contribution in [0.25, 0.3) is 0 Å². The van der Waals surface area contributed by atoms with Gasteiger partial charge in [0.2, 0.25) is 12.7 Å². The average molecular weight is 405 g/mol. The van der Waals surface area contributed by atoms with Gasteiger partial charge in [-0.05, 0) is 24.1 Å². The van der Waals surface area contributed by atoms with E-state index in [0.29, 0.717) is 49.9 Å². The molecule has 0 spiro atoms. The number of halogens is 1. The van der Waals surface area contributed by atoms with Crippen molar-refractivity contribution < 1.29 is 23.7 Å². The second-order valence-corrected chi connectivity index (χ2v) is 7.11. The summed E-state index contributed by atoms with van der Waals surface area (Å²) >= 11 is 5.91. The van der Waals surface area contributed by atoms with Gasteiger partial charge >= 0.3 is 0 Å². The number of carbonyl (C=O) groups excluding carboxylic acids is 1. The van der Waals surface area contributed by atoms with E-state index in [0.717, 1.165) is 17.1 Å². The maximum Gasteiger partial charge on any atom is 0.231 e. The lowest BCUT2D eigenvalue weighted by Gasteiger charge is -2.33. The molecule has 0 bridgehead atoms. The van der Waals surface area contributed by atoms with Crippen LogP contribution in [0.5, 0.6) is 17.2 Å². The summed E-state index contributed by atoms with van der Waals surface area (Å²) in [5, 5.41) is 0.516. The molecule has 1 aromatic carbocycles. The van der Waals surface area contributed by atoms with Crippen molar-refractivity contribution in [3.63, 3.8) is 0 Å². The molecule has 0 saturated carbocycles. The topological polar surface area (TPSA) is 70.1 Å². The molecule has 1 saturated heterocycles. The van der Waals surface area contributed by atoms with E-state index in [1.54, 1.807) is 18.5 Å². The minimum absolute atomic E-state index is 0.107. The van der Waals surface area contributed by atoms with Crippen molar-refractivity contribution in [2.45, 2.75) is 18.9 Å². The molecule has 0 aliphatic carbocycles. The van der Waals surface area contributed by atoms with Crippen LogP contribution in [-0.2, 0) is 16.0 Å². The minimum atomic E-state index is -0.178. The monoisotopic (exact) mass is 404 g/mol. The fraction of sp³-hybridized carbons (Fsp3) is 0.400. The van der Waals surface area contributed by atoms with Crippen molar-refractivity contribution in [3.05, 3.63) is 47.2 Å². The standard InChI is InChI=1S/C20H21ClN2O5/c21-15-8-16(10-22-9-15)26-12-17-11-23(5-6-25-17)20(24)4-2-14-1-3-18-19(7-14)28-13-27-18/h1,3,7-10,17H,2,4-6,11-13H2. The molecule has 0 radical (unpaired) electrons. The molecular formula is C20H21ClN2O5. The van der Waals surface area contributed by atoms with Crippen LogP contribution in [0.15, 0.2) is 36.7 Å². The third-order valence-corrected chi connectivity index (χ3v) is 4.88. The number of aryl methyl sites for hydroxylation is 1. The first kappa shape index (κ1) is 18.8. The largest absolute Gasteiger partial charge is 0.489 e. The number of nitrogens with zero attached hydrogens (tertiary/aromatic N) is 2. The fourth-order valence-corrected chi connectivity index (χ4v) is 3.38. The van der Waals surface area contributed by atoms with Crippen molar-refractivity contribution >= 4 is 17.5 Å². The molecule has 2 aromatic rings. The number of fused-ring (bicyclic) bond motifs is 1. The van der Waals surface area contributed by atoms with Gasteiger partial charge in [-0.15, -0.1) is 0 Å². The molecule has 4 rings (SSSR count). The third-order valence-electron chi connectivity index (χ3n) is 4.67. The van der Waals surface area contributed by atoms with Crippen molar-refractivity contribution in [3.8, 4) is 17.2 Å². The van der Waals surface area contributed by atoms with E-state index < -0.39 is 0 Å². The number of carbonyl (C=O) groups is 1. The van der Waals surface area contributed by atoms with Gasteiger partial charge in [-0.2, -0.15) is 0 Å². The summed E-state index contributed by atoms with van der Waals surface area (Å²) in [4.78, 5) is 18.4. The molecule has 1 atom stereocenters. The summed E-state index contributed by atoms with van der Waals surface area (Å²) in [5.74, 6) is 2.18. The van der Waals surface area contributed by atoms with Gasteiger partial charge in [0.1, 0.15) is 18.5 Å². The second-order valence-electron chi connectivity index (χ2n) is 6.67. The van der Waals surface area contributed by atoms with Crippen LogP contribution in [0.2, 0.25) is 5.02 Å². The van der Waals surface area contributed by atoms with E-state index in [9.17, 15) is 4.79 Å². The molecule has 148 valence electrons. The van der Waals surface area contributed by atoms with E-state index in [4.69, 9.17) is 30.5 Å². The number of hydrogen-bond donors (Lipinski definition) is 0. The van der Waals surface area contributed by atoms with E-state index in [1.807, 2.05) is 23.1 Å². The van der Waals surface area contributed by atoms with Crippen LogP contribution in [0.1, 0.15) is 12.0 Å². The zero-order valence-corrected chi connectivity index (χ0v) is 16.1. The molecular weight excluding hydrogens is 384 g/mol. The Kier molecular flexibility index (Phi) is 5.83. The van der Waals surface area contributed by atoms with Crippen molar-refractivity contribution in [1.29, 1.82) is 0 Å². The predicted octanol–water partition coefficient (Wildman–Crippen LogP) is 2.70. The zero-order valence-electron chi connectivity index (χ0n) is 15.3. The Balaban J connectivity index is 1.26. The minimum Gasteiger partial charge on any atom is -0.489 e. The maximum atomic E-state index is 12.6. The smallest absolute Gasteiger partial charge is 0.231 e. The number of amides is 1. The Labute approximate surface area is 168 Å². The normalized spacial score (nSPS) is 18.2. The van der Waals surface area contributed by atoms with E-state index in [1.165, 1.54) is 0 Å². The number of pyridine rings is 1. The molecule has 7 nitrogen and oxygen atoms in total. The highest BCUT2D eigenvalue weighted by Gasteiger charge is 2.25. The summed E-state index contributed by atoms with van der Waals surface area (Å²) < 4.78 is 22.1. The molecule has 2 aliphatic heterocycles. The lowest BCUT2D eigenvalue weighted by atomic mass is 10.1. The van der Waals surface area contributed by atoms with Gasteiger partial charge in [0, 0.05) is 25.2 Å². The van der Waals surface area contributed by atoms with Crippen molar-refractivity contribution in [2.75, 3.05) is 33.1 Å². The van der Waals surface area contributed by atoms with Crippen LogP contribution >= 0.6 is 11.6 Å². The highest BCUT2D eigenvalue weighted by Crippen LogP contribution is 2.32. The van der Waals surface area contributed by atoms with Gasteiger partial charge in [0.05, 0.1) is 24.4 Å². The van der Waals surface area contributed by atoms with Crippen LogP contribution in [0.3, 0.4) is 0 Å². The third kappa shape index (κ3) is 4.66. The summed E-state index contributed by atoms with van der Waals surface area (Å²) in [7, 11) is 0. The number of hydrogen-bond acceptors (Lipinski definition) is 6. The Morgan fingerprint density at radius 3 is 3.04 bits per heavy atom.